The molecule has 2 aromatic carbocycles. The largest absolute Gasteiger partial charge is 0.494 e. The number of nitrogens with zero attached hydrogens (tertiary/aromatic N) is 2. The van der Waals surface area contributed by atoms with Crippen LogP contribution in [0.1, 0.15) is 31.4 Å². The lowest BCUT2D eigenvalue weighted by Crippen LogP contribution is -2.12. The number of anilines is 4. The average Bonchev–Trinajstić information content (AvgIpc) is 2.73. The number of hydrogen-bond acceptors (Lipinski definition) is 5. The SMILES string of the molecule is CCCOc1ccc(Nc2ncc(C(F)(F)F)c(Nc3ccc(CC)cc3)n2)cc1. The molecule has 8 heteroatoms. The highest BCUT2D eigenvalue weighted by atomic mass is 19.4. The van der Waals surface area contributed by atoms with Crippen LogP contribution >= 0.6 is 0 Å². The fourth-order valence-corrected chi connectivity index (χ4v) is 2.69. The molecule has 0 saturated heterocycles. The van der Waals surface area contributed by atoms with Gasteiger partial charge in [-0.1, -0.05) is 26.0 Å². The van der Waals surface area contributed by atoms with Crippen LogP contribution in [0.3, 0.4) is 0 Å². The third-order valence-corrected chi connectivity index (χ3v) is 4.30. The van der Waals surface area contributed by atoms with E-state index in [1.165, 1.54) is 0 Å². The molecule has 0 atom stereocenters. The highest BCUT2D eigenvalue weighted by molar-refractivity contribution is 5.63. The molecule has 0 aliphatic rings. The Labute approximate surface area is 173 Å². The van der Waals surface area contributed by atoms with Gasteiger partial charge in [0.25, 0.3) is 0 Å². The lowest BCUT2D eigenvalue weighted by atomic mass is 10.1. The molecule has 0 fully saturated rings. The first-order valence-electron chi connectivity index (χ1n) is 9.69. The predicted molar refractivity (Wildman–Crippen MR) is 112 cm³/mol. The van der Waals surface area contributed by atoms with Gasteiger partial charge < -0.3 is 15.4 Å². The monoisotopic (exact) mass is 416 g/mol. The van der Waals surface area contributed by atoms with Crippen molar-refractivity contribution < 1.29 is 17.9 Å². The van der Waals surface area contributed by atoms with Crippen LogP contribution in [0.4, 0.5) is 36.3 Å². The summed E-state index contributed by atoms with van der Waals surface area (Å²) in [5, 5.41) is 5.68. The molecule has 3 rings (SSSR count). The zero-order chi connectivity index (χ0) is 21.6. The Morgan fingerprint density at radius 3 is 2.13 bits per heavy atom. The van der Waals surface area contributed by atoms with E-state index in [2.05, 4.69) is 20.6 Å². The molecule has 1 aromatic heterocycles. The van der Waals surface area contributed by atoms with Crippen LogP contribution < -0.4 is 15.4 Å². The van der Waals surface area contributed by atoms with Gasteiger partial charge in [-0.3, -0.25) is 0 Å². The summed E-state index contributed by atoms with van der Waals surface area (Å²) in [5.74, 6) is 0.457. The normalized spacial score (nSPS) is 11.2. The van der Waals surface area contributed by atoms with Crippen molar-refractivity contribution in [1.29, 1.82) is 0 Å². The van der Waals surface area contributed by atoms with Crippen molar-refractivity contribution in [2.24, 2.45) is 0 Å². The fourth-order valence-electron chi connectivity index (χ4n) is 2.69. The van der Waals surface area contributed by atoms with E-state index in [1.54, 1.807) is 36.4 Å². The first-order chi connectivity index (χ1) is 14.4. The van der Waals surface area contributed by atoms with E-state index in [1.807, 2.05) is 26.0 Å². The molecule has 0 unspecified atom stereocenters. The van der Waals surface area contributed by atoms with Crippen molar-refractivity contribution in [3.05, 3.63) is 65.9 Å². The van der Waals surface area contributed by atoms with Crippen molar-refractivity contribution in [2.75, 3.05) is 17.2 Å². The van der Waals surface area contributed by atoms with Crippen molar-refractivity contribution in [3.8, 4) is 5.75 Å². The molecule has 0 spiro atoms. The van der Waals surface area contributed by atoms with Gasteiger partial charge in [0, 0.05) is 17.6 Å². The Kier molecular flexibility index (Phi) is 6.76. The molecule has 3 aromatic rings. The van der Waals surface area contributed by atoms with Crippen LogP contribution in [0.25, 0.3) is 0 Å². The molecule has 0 radical (unpaired) electrons. The molecule has 0 saturated carbocycles. The van der Waals surface area contributed by atoms with Gasteiger partial charge in [0.2, 0.25) is 5.95 Å². The van der Waals surface area contributed by atoms with Crippen LogP contribution in [0, 0.1) is 0 Å². The summed E-state index contributed by atoms with van der Waals surface area (Å²) >= 11 is 0. The zero-order valence-electron chi connectivity index (χ0n) is 16.8. The minimum Gasteiger partial charge on any atom is -0.494 e. The number of alkyl halides is 3. The van der Waals surface area contributed by atoms with Gasteiger partial charge in [0.1, 0.15) is 17.1 Å². The summed E-state index contributed by atoms with van der Waals surface area (Å²) in [6.07, 6.45) is -2.06. The van der Waals surface area contributed by atoms with E-state index in [9.17, 15) is 13.2 Å². The van der Waals surface area contributed by atoms with Crippen molar-refractivity contribution in [1.82, 2.24) is 9.97 Å². The number of aromatic nitrogens is 2. The van der Waals surface area contributed by atoms with E-state index in [0.717, 1.165) is 24.6 Å². The molecule has 2 N–H and O–H groups in total. The number of halogens is 3. The molecule has 0 bridgehead atoms. The highest BCUT2D eigenvalue weighted by Gasteiger charge is 2.35. The van der Waals surface area contributed by atoms with Crippen LogP contribution in [-0.4, -0.2) is 16.6 Å². The van der Waals surface area contributed by atoms with E-state index < -0.39 is 11.7 Å². The molecule has 0 aliphatic heterocycles. The van der Waals surface area contributed by atoms with Gasteiger partial charge in [-0.25, -0.2) is 4.98 Å². The van der Waals surface area contributed by atoms with Crippen molar-refractivity contribution >= 4 is 23.1 Å². The Hall–Kier alpha value is -3.29. The summed E-state index contributed by atoms with van der Waals surface area (Å²) in [6, 6.07) is 14.2. The minimum atomic E-state index is -4.58. The summed E-state index contributed by atoms with van der Waals surface area (Å²) in [6.45, 7) is 4.64. The second-order valence-corrected chi connectivity index (χ2v) is 6.63. The lowest BCUT2D eigenvalue weighted by Gasteiger charge is -2.15. The number of rotatable bonds is 8. The molecule has 30 heavy (non-hydrogen) atoms. The first-order valence-corrected chi connectivity index (χ1v) is 9.69. The Balaban J connectivity index is 1.82. The summed E-state index contributed by atoms with van der Waals surface area (Å²) in [5.41, 5.74) is 1.31. The predicted octanol–water partition coefficient (Wildman–Crippen LogP) is 6.33. The van der Waals surface area contributed by atoms with Gasteiger partial charge >= 0.3 is 6.18 Å². The number of benzene rings is 2. The quantitative estimate of drug-likeness (QED) is 0.449. The Bertz CT molecular complexity index is 958. The topological polar surface area (TPSA) is 59.1 Å². The van der Waals surface area contributed by atoms with Crippen molar-refractivity contribution in [3.63, 3.8) is 0 Å². The Morgan fingerprint density at radius 1 is 0.900 bits per heavy atom. The number of aryl methyl sites for hydroxylation is 1. The molecular formula is C22H23F3N4O. The van der Waals surface area contributed by atoms with Crippen LogP contribution in [0.15, 0.2) is 54.7 Å². The van der Waals surface area contributed by atoms with Gasteiger partial charge in [-0.15, -0.1) is 0 Å². The second-order valence-electron chi connectivity index (χ2n) is 6.63. The van der Waals surface area contributed by atoms with Gasteiger partial charge in [0.05, 0.1) is 6.61 Å². The standard InChI is InChI=1S/C22H23F3N4O/c1-3-13-30-18-11-9-17(10-12-18)28-21-26-14-19(22(23,24)25)20(29-21)27-16-7-5-15(4-2)6-8-16/h5-12,14H,3-4,13H2,1-2H3,(H2,26,27,28,29). The molecule has 0 aliphatic carbocycles. The van der Waals surface area contributed by atoms with Crippen LogP contribution in [-0.2, 0) is 12.6 Å². The highest BCUT2D eigenvalue weighted by Crippen LogP contribution is 2.35. The minimum absolute atomic E-state index is 0.0536. The van der Waals surface area contributed by atoms with Gasteiger partial charge in [-0.05, 0) is 54.8 Å². The molecule has 158 valence electrons. The number of hydrogen-bond donors (Lipinski definition) is 2. The van der Waals surface area contributed by atoms with E-state index in [0.29, 0.717) is 23.7 Å². The van der Waals surface area contributed by atoms with E-state index >= 15 is 0 Å². The fraction of sp³-hybridized carbons (Fsp3) is 0.273. The smallest absolute Gasteiger partial charge is 0.421 e. The van der Waals surface area contributed by atoms with E-state index in [4.69, 9.17) is 4.74 Å². The number of ether oxygens (including phenoxy) is 1. The van der Waals surface area contributed by atoms with Gasteiger partial charge in [-0.2, -0.15) is 18.2 Å². The maximum atomic E-state index is 13.4. The summed E-state index contributed by atoms with van der Waals surface area (Å²) < 4.78 is 45.8. The average molecular weight is 416 g/mol. The van der Waals surface area contributed by atoms with Crippen LogP contribution in [0.2, 0.25) is 0 Å². The van der Waals surface area contributed by atoms with E-state index in [-0.39, 0.29) is 11.8 Å². The first kappa shape index (κ1) is 21.4. The molecule has 0 amide bonds. The summed E-state index contributed by atoms with van der Waals surface area (Å²) in [4.78, 5) is 7.89. The number of nitrogens with one attached hydrogen (secondary N) is 2. The molecule has 5 nitrogen and oxygen atoms in total. The van der Waals surface area contributed by atoms with Crippen molar-refractivity contribution in [2.45, 2.75) is 32.9 Å². The third kappa shape index (κ3) is 5.62. The maximum absolute atomic E-state index is 13.4. The Morgan fingerprint density at radius 2 is 1.53 bits per heavy atom. The summed E-state index contributed by atoms with van der Waals surface area (Å²) in [7, 11) is 0. The zero-order valence-corrected chi connectivity index (χ0v) is 16.8. The molecular weight excluding hydrogens is 393 g/mol. The van der Waals surface area contributed by atoms with Crippen LogP contribution in [0.5, 0.6) is 5.75 Å². The maximum Gasteiger partial charge on any atom is 0.421 e. The lowest BCUT2D eigenvalue weighted by molar-refractivity contribution is -0.137. The third-order valence-electron chi connectivity index (χ3n) is 4.30. The van der Waals surface area contributed by atoms with Gasteiger partial charge in [0.15, 0.2) is 0 Å². The second kappa shape index (κ2) is 9.47. The molecule has 1 heterocycles.